The van der Waals surface area contributed by atoms with Crippen LogP contribution in [0.15, 0.2) is 46.9 Å². The number of hydrogen-bond acceptors (Lipinski definition) is 3. The summed E-state index contributed by atoms with van der Waals surface area (Å²) in [6.45, 7) is 3.73. The van der Waals surface area contributed by atoms with Crippen LogP contribution in [0.3, 0.4) is 0 Å². The van der Waals surface area contributed by atoms with E-state index < -0.39 is 5.91 Å². The summed E-state index contributed by atoms with van der Waals surface area (Å²) < 4.78 is 5.53. The highest BCUT2D eigenvalue weighted by molar-refractivity contribution is 6.34. The summed E-state index contributed by atoms with van der Waals surface area (Å²) in [5, 5.41) is 7.05. The van der Waals surface area contributed by atoms with E-state index in [-0.39, 0.29) is 17.7 Å². The molecule has 3 aromatic rings. The zero-order chi connectivity index (χ0) is 18.8. The van der Waals surface area contributed by atoms with Crippen LogP contribution in [0.4, 0.5) is 5.69 Å². The maximum atomic E-state index is 12.5. The van der Waals surface area contributed by atoms with E-state index in [1.54, 1.807) is 36.4 Å². The SMILES string of the molecule is CC(C)NC(=O)c1ccc(Cl)c(NC(=O)c2cc3cc(Cl)ccc3o2)c1. The molecule has 0 spiro atoms. The van der Waals surface area contributed by atoms with Crippen molar-refractivity contribution in [2.75, 3.05) is 5.32 Å². The van der Waals surface area contributed by atoms with Crippen LogP contribution in [-0.2, 0) is 0 Å². The first-order chi connectivity index (χ1) is 12.3. The summed E-state index contributed by atoms with van der Waals surface area (Å²) >= 11 is 12.1. The number of furan rings is 1. The van der Waals surface area contributed by atoms with Crippen LogP contribution >= 0.6 is 23.2 Å². The molecule has 0 aliphatic heterocycles. The fourth-order valence-electron chi connectivity index (χ4n) is 2.42. The molecule has 0 bridgehead atoms. The standard InChI is InChI=1S/C19H16Cl2N2O3/c1-10(2)22-18(24)11-3-5-14(21)15(8-11)23-19(25)17-9-12-7-13(20)4-6-16(12)26-17/h3-10H,1-2H3,(H,22,24)(H,23,25). The van der Waals surface area contributed by atoms with Crippen LogP contribution in [0.25, 0.3) is 11.0 Å². The van der Waals surface area contributed by atoms with Gasteiger partial charge >= 0.3 is 0 Å². The minimum atomic E-state index is -0.472. The quantitative estimate of drug-likeness (QED) is 0.648. The number of nitrogens with one attached hydrogen (secondary N) is 2. The zero-order valence-electron chi connectivity index (χ0n) is 14.1. The number of benzene rings is 2. The van der Waals surface area contributed by atoms with Gasteiger partial charge in [0.05, 0.1) is 10.7 Å². The molecule has 26 heavy (non-hydrogen) atoms. The summed E-state index contributed by atoms with van der Waals surface area (Å²) in [4.78, 5) is 24.6. The molecule has 3 rings (SSSR count). The molecule has 5 nitrogen and oxygen atoms in total. The average Bonchev–Trinajstić information content (AvgIpc) is 2.99. The first-order valence-corrected chi connectivity index (χ1v) is 8.70. The second-order valence-corrected chi connectivity index (χ2v) is 6.91. The molecule has 0 aliphatic rings. The molecule has 2 aromatic carbocycles. The van der Waals surface area contributed by atoms with Crippen LogP contribution in [0.2, 0.25) is 10.0 Å². The van der Waals surface area contributed by atoms with E-state index in [2.05, 4.69) is 10.6 Å². The van der Waals surface area contributed by atoms with Gasteiger partial charge in [-0.2, -0.15) is 0 Å². The van der Waals surface area contributed by atoms with E-state index in [0.717, 1.165) is 5.39 Å². The number of amides is 2. The highest BCUT2D eigenvalue weighted by Gasteiger charge is 2.16. The lowest BCUT2D eigenvalue weighted by Gasteiger charge is -2.11. The Balaban J connectivity index is 1.84. The third kappa shape index (κ3) is 4.00. The van der Waals surface area contributed by atoms with Crippen molar-refractivity contribution in [3.8, 4) is 0 Å². The second kappa shape index (κ2) is 7.40. The third-order valence-electron chi connectivity index (χ3n) is 3.60. The summed E-state index contributed by atoms with van der Waals surface area (Å²) in [5.41, 5.74) is 1.28. The number of halogens is 2. The number of rotatable bonds is 4. The van der Waals surface area contributed by atoms with Crippen molar-refractivity contribution in [1.29, 1.82) is 0 Å². The molecular weight excluding hydrogens is 375 g/mol. The summed E-state index contributed by atoms with van der Waals surface area (Å²) in [7, 11) is 0. The predicted octanol–water partition coefficient (Wildman–Crippen LogP) is 5.13. The highest BCUT2D eigenvalue weighted by Crippen LogP contribution is 2.26. The van der Waals surface area contributed by atoms with Crippen molar-refractivity contribution in [2.24, 2.45) is 0 Å². The lowest BCUT2D eigenvalue weighted by atomic mass is 10.1. The second-order valence-electron chi connectivity index (χ2n) is 6.07. The minimum Gasteiger partial charge on any atom is -0.451 e. The molecule has 0 radical (unpaired) electrons. The van der Waals surface area contributed by atoms with Crippen LogP contribution in [0.1, 0.15) is 34.8 Å². The molecule has 0 aliphatic carbocycles. The summed E-state index contributed by atoms with van der Waals surface area (Å²) in [5.74, 6) is -0.596. The summed E-state index contributed by atoms with van der Waals surface area (Å²) in [6, 6.07) is 11.4. The number of carbonyl (C=O) groups is 2. The molecular formula is C19H16Cl2N2O3. The van der Waals surface area contributed by atoms with E-state index in [1.165, 1.54) is 6.07 Å². The Morgan fingerprint density at radius 1 is 1.00 bits per heavy atom. The Morgan fingerprint density at radius 3 is 2.50 bits per heavy atom. The van der Waals surface area contributed by atoms with Crippen LogP contribution < -0.4 is 10.6 Å². The Bertz CT molecular complexity index is 996. The topological polar surface area (TPSA) is 71.3 Å². The van der Waals surface area contributed by atoms with Crippen LogP contribution in [-0.4, -0.2) is 17.9 Å². The molecule has 134 valence electrons. The van der Waals surface area contributed by atoms with E-state index in [0.29, 0.717) is 26.9 Å². The maximum Gasteiger partial charge on any atom is 0.291 e. The molecule has 7 heteroatoms. The Morgan fingerprint density at radius 2 is 1.77 bits per heavy atom. The van der Waals surface area contributed by atoms with Gasteiger partial charge in [0.2, 0.25) is 0 Å². The van der Waals surface area contributed by atoms with Gasteiger partial charge in [0.25, 0.3) is 11.8 Å². The number of fused-ring (bicyclic) bond motifs is 1. The van der Waals surface area contributed by atoms with E-state index in [9.17, 15) is 9.59 Å². The van der Waals surface area contributed by atoms with Gasteiger partial charge in [-0.1, -0.05) is 23.2 Å². The van der Waals surface area contributed by atoms with Crippen LogP contribution in [0, 0.1) is 0 Å². The van der Waals surface area contributed by atoms with Crippen molar-refractivity contribution in [1.82, 2.24) is 5.32 Å². The van der Waals surface area contributed by atoms with E-state index in [1.807, 2.05) is 13.8 Å². The molecule has 1 aromatic heterocycles. The Labute approximate surface area is 160 Å². The van der Waals surface area contributed by atoms with Crippen molar-refractivity contribution >= 4 is 51.7 Å². The van der Waals surface area contributed by atoms with Crippen molar-refractivity contribution in [3.63, 3.8) is 0 Å². The number of carbonyl (C=O) groups excluding carboxylic acids is 2. The fourth-order valence-corrected chi connectivity index (χ4v) is 2.76. The van der Waals surface area contributed by atoms with Gasteiger partial charge in [0, 0.05) is 22.0 Å². The number of anilines is 1. The molecule has 2 N–H and O–H groups in total. The highest BCUT2D eigenvalue weighted by atomic mass is 35.5. The molecule has 0 unspecified atom stereocenters. The fraction of sp³-hybridized carbons (Fsp3) is 0.158. The predicted molar refractivity (Wildman–Crippen MR) is 103 cm³/mol. The van der Waals surface area contributed by atoms with Crippen molar-refractivity contribution < 1.29 is 14.0 Å². The first-order valence-electron chi connectivity index (χ1n) is 7.94. The third-order valence-corrected chi connectivity index (χ3v) is 4.16. The lowest BCUT2D eigenvalue weighted by molar-refractivity contribution is 0.0941. The molecule has 2 amide bonds. The van der Waals surface area contributed by atoms with Gasteiger partial charge in [-0.25, -0.2) is 0 Å². The van der Waals surface area contributed by atoms with E-state index >= 15 is 0 Å². The molecule has 0 fully saturated rings. The van der Waals surface area contributed by atoms with E-state index in [4.69, 9.17) is 27.6 Å². The first kappa shape index (κ1) is 18.3. The largest absolute Gasteiger partial charge is 0.451 e. The van der Waals surface area contributed by atoms with Gasteiger partial charge in [0.15, 0.2) is 5.76 Å². The van der Waals surface area contributed by atoms with Gasteiger partial charge in [-0.15, -0.1) is 0 Å². The Kier molecular flexibility index (Phi) is 5.20. The lowest BCUT2D eigenvalue weighted by Crippen LogP contribution is -2.30. The Hall–Kier alpha value is -2.50. The van der Waals surface area contributed by atoms with Gasteiger partial charge in [-0.05, 0) is 56.3 Å². The molecule has 0 saturated heterocycles. The van der Waals surface area contributed by atoms with Gasteiger partial charge < -0.3 is 15.1 Å². The van der Waals surface area contributed by atoms with Crippen LogP contribution in [0.5, 0.6) is 0 Å². The molecule has 0 saturated carbocycles. The zero-order valence-corrected chi connectivity index (χ0v) is 15.6. The smallest absolute Gasteiger partial charge is 0.291 e. The normalized spacial score (nSPS) is 11.0. The summed E-state index contributed by atoms with van der Waals surface area (Å²) in [6.07, 6.45) is 0. The van der Waals surface area contributed by atoms with Gasteiger partial charge in [0.1, 0.15) is 5.58 Å². The van der Waals surface area contributed by atoms with Gasteiger partial charge in [-0.3, -0.25) is 9.59 Å². The number of hydrogen-bond donors (Lipinski definition) is 2. The monoisotopic (exact) mass is 390 g/mol. The molecule has 1 heterocycles. The van der Waals surface area contributed by atoms with Crippen molar-refractivity contribution in [3.05, 3.63) is 63.8 Å². The van der Waals surface area contributed by atoms with Crippen molar-refractivity contribution in [2.45, 2.75) is 19.9 Å². The average molecular weight is 391 g/mol. The molecule has 0 atom stereocenters. The maximum absolute atomic E-state index is 12.5. The minimum absolute atomic E-state index is 0.00130.